The number of benzene rings is 2. The van der Waals surface area contributed by atoms with E-state index in [2.05, 4.69) is 47.9 Å². The summed E-state index contributed by atoms with van der Waals surface area (Å²) in [7, 11) is 0. The molecule has 2 aliphatic rings. The summed E-state index contributed by atoms with van der Waals surface area (Å²) in [5.41, 5.74) is 11.5. The minimum Gasteiger partial charge on any atom is -0.457 e. The number of carbonyl (C=O) groups excluding carboxylic acids is 6. The zero-order valence-corrected chi connectivity index (χ0v) is 27.0. The second kappa shape index (κ2) is 17.3. The van der Waals surface area contributed by atoms with Crippen molar-refractivity contribution in [2.45, 2.75) is 43.6 Å². The molecule has 266 valence electrons. The van der Waals surface area contributed by atoms with E-state index in [-0.39, 0.29) is 18.9 Å². The highest BCUT2D eigenvalue weighted by molar-refractivity contribution is 6.02. The van der Waals surface area contributed by atoms with Crippen molar-refractivity contribution in [2.24, 2.45) is 11.5 Å². The van der Waals surface area contributed by atoms with Crippen molar-refractivity contribution < 1.29 is 33.5 Å². The van der Waals surface area contributed by atoms with Gasteiger partial charge in [0, 0.05) is 37.6 Å². The van der Waals surface area contributed by atoms with Gasteiger partial charge in [-0.3, -0.25) is 29.4 Å². The fourth-order valence-corrected chi connectivity index (χ4v) is 4.75. The Morgan fingerprint density at radius 2 is 1.66 bits per heavy atom. The Morgan fingerprint density at radius 3 is 2.38 bits per heavy atom. The molecule has 7 amide bonds. The molecule has 19 nitrogen and oxygen atoms in total. The summed E-state index contributed by atoms with van der Waals surface area (Å²) < 4.78 is 5.79. The van der Waals surface area contributed by atoms with Crippen molar-refractivity contribution in [1.82, 2.24) is 42.5 Å². The number of carbonyl (C=O) groups is 6. The van der Waals surface area contributed by atoms with E-state index in [0.29, 0.717) is 23.7 Å². The summed E-state index contributed by atoms with van der Waals surface area (Å²) >= 11 is 0. The van der Waals surface area contributed by atoms with E-state index in [0.717, 1.165) is 6.20 Å². The smallest absolute Gasteiger partial charge is 0.323 e. The van der Waals surface area contributed by atoms with Gasteiger partial charge in [-0.25, -0.2) is 4.79 Å². The van der Waals surface area contributed by atoms with Crippen molar-refractivity contribution in [2.75, 3.05) is 25.0 Å². The third kappa shape index (κ3) is 10.4. The third-order valence-electron chi connectivity index (χ3n) is 7.43. The number of nitrogens with two attached hydrogens (primary N) is 2. The van der Waals surface area contributed by atoms with Gasteiger partial charge in [-0.2, -0.15) is 0 Å². The van der Waals surface area contributed by atoms with E-state index in [9.17, 15) is 28.8 Å². The average Bonchev–Trinajstić information content (AvgIpc) is 3.09. The van der Waals surface area contributed by atoms with E-state index in [4.69, 9.17) is 21.6 Å². The normalized spacial score (nSPS) is 24.6. The van der Waals surface area contributed by atoms with Crippen LogP contribution in [0.15, 0.2) is 66.5 Å². The average molecular weight is 693 g/mol. The largest absolute Gasteiger partial charge is 0.457 e. The maximum atomic E-state index is 13.7. The summed E-state index contributed by atoms with van der Waals surface area (Å²) in [5.74, 6) is -3.35. The fourth-order valence-electron chi connectivity index (χ4n) is 4.75. The maximum absolute atomic E-state index is 13.7. The molecule has 0 aromatic heterocycles. The second-order valence-electron chi connectivity index (χ2n) is 11.3. The molecule has 2 aromatic carbocycles. The van der Waals surface area contributed by atoms with Gasteiger partial charge < -0.3 is 64.1 Å². The summed E-state index contributed by atoms with van der Waals surface area (Å²) in [6.07, 6.45) is 1.18. The van der Waals surface area contributed by atoms with Crippen LogP contribution in [0.3, 0.4) is 0 Å². The molecule has 5 atom stereocenters. The second-order valence-corrected chi connectivity index (χ2v) is 11.3. The van der Waals surface area contributed by atoms with Gasteiger partial charge in [0.05, 0.1) is 6.04 Å². The first-order valence-corrected chi connectivity index (χ1v) is 15.6. The standard InChI is InChI=1S/C31H40N12O7/c1-16-25(44)40-22(13-32)27(46)41-23(15-37-31(49)39-17-6-5-9-19(12-17)50-18-7-3-2-4-8-18)28(47)43-24(21-10-11-35-30(34)42-21)29(48)36-14-20(33)26(45)38-16/h2-9,12,15-16,20-22,24H,10-11,13-14,32-33H2,1H3,(H,36,48)(H,38,45)(H,40,44)(H,41,46)(H,43,47)(H3,34,35,42)(H2,37,39,49)/b23-15-/t16-,20-,21?,22-,24-/m0/s1. The van der Waals surface area contributed by atoms with Gasteiger partial charge in [0.1, 0.15) is 41.4 Å². The van der Waals surface area contributed by atoms with Crippen molar-refractivity contribution in [1.29, 1.82) is 5.41 Å². The minimum atomic E-state index is -1.38. The van der Waals surface area contributed by atoms with E-state index in [1.54, 1.807) is 36.4 Å². The molecule has 2 saturated heterocycles. The first-order valence-electron chi connectivity index (χ1n) is 15.6. The lowest BCUT2D eigenvalue weighted by Crippen LogP contribution is -2.64. The molecule has 0 spiro atoms. The Morgan fingerprint density at radius 1 is 0.920 bits per heavy atom. The van der Waals surface area contributed by atoms with Gasteiger partial charge in [-0.15, -0.1) is 0 Å². The third-order valence-corrected chi connectivity index (χ3v) is 7.43. The Bertz CT molecular complexity index is 1640. The molecule has 1 unspecified atom stereocenters. The lowest BCUT2D eigenvalue weighted by atomic mass is 10.0. The van der Waals surface area contributed by atoms with Crippen LogP contribution in [0.1, 0.15) is 13.3 Å². The Kier molecular flexibility index (Phi) is 12.6. The van der Waals surface area contributed by atoms with Crippen LogP contribution in [0.4, 0.5) is 10.5 Å². The van der Waals surface area contributed by atoms with Crippen LogP contribution >= 0.6 is 0 Å². The molecule has 0 bridgehead atoms. The van der Waals surface area contributed by atoms with Gasteiger partial charge in [0.15, 0.2) is 5.96 Å². The lowest BCUT2D eigenvalue weighted by Gasteiger charge is -2.33. The van der Waals surface area contributed by atoms with Gasteiger partial charge in [-0.1, -0.05) is 24.3 Å². The van der Waals surface area contributed by atoms with Crippen molar-refractivity contribution in [3.8, 4) is 11.5 Å². The molecule has 50 heavy (non-hydrogen) atoms. The SMILES string of the molecule is C[C@@H]1NC(=O)[C@@H](N)CNC(=O)[C@H](C2CCNC(=N)N2)NC(=O)/C(=C/NC(=O)Nc2cccc(Oc3ccccc3)c2)NC(=O)[C@H](CN)NC1=O. The Balaban J connectivity index is 1.59. The Hall–Kier alpha value is -6.21. The van der Waals surface area contributed by atoms with E-state index >= 15 is 0 Å². The molecule has 2 heterocycles. The molecule has 2 aliphatic heterocycles. The number of hydrogen-bond acceptors (Lipinski definition) is 10. The molecule has 4 rings (SSSR count). The molecular formula is C31H40N12O7. The van der Waals surface area contributed by atoms with Crippen LogP contribution in [-0.4, -0.2) is 91.4 Å². The van der Waals surface area contributed by atoms with Crippen molar-refractivity contribution >= 4 is 47.2 Å². The highest BCUT2D eigenvalue weighted by Crippen LogP contribution is 2.23. The summed E-state index contributed by atoms with van der Waals surface area (Å²) in [4.78, 5) is 78.6. The number of rotatable bonds is 6. The van der Waals surface area contributed by atoms with Crippen LogP contribution in [0, 0.1) is 5.41 Å². The summed E-state index contributed by atoms with van der Waals surface area (Å²) in [5, 5.41) is 30.6. The molecular weight excluding hydrogens is 652 g/mol. The maximum Gasteiger partial charge on any atom is 0.323 e. The zero-order chi connectivity index (χ0) is 36.2. The number of guanidine groups is 1. The molecule has 2 aromatic rings. The molecule has 14 N–H and O–H groups in total. The minimum absolute atomic E-state index is 0.0947. The van der Waals surface area contributed by atoms with Crippen LogP contribution < -0.4 is 64.1 Å². The topological polar surface area (TPSA) is 296 Å². The van der Waals surface area contributed by atoms with Crippen molar-refractivity contribution in [3.63, 3.8) is 0 Å². The summed E-state index contributed by atoms with van der Waals surface area (Å²) in [6, 6.07) is 8.72. The molecule has 19 heteroatoms. The van der Waals surface area contributed by atoms with E-state index in [1.165, 1.54) is 6.92 Å². The monoisotopic (exact) mass is 692 g/mol. The van der Waals surface area contributed by atoms with Crippen LogP contribution in [0.5, 0.6) is 11.5 Å². The number of hydrogen-bond donors (Lipinski definition) is 12. The van der Waals surface area contributed by atoms with Crippen molar-refractivity contribution in [3.05, 3.63) is 66.5 Å². The van der Waals surface area contributed by atoms with Crippen LogP contribution in [0.2, 0.25) is 0 Å². The lowest BCUT2D eigenvalue weighted by molar-refractivity contribution is -0.132. The number of urea groups is 1. The quantitative estimate of drug-likeness (QED) is 0.139. The Labute approximate surface area is 286 Å². The van der Waals surface area contributed by atoms with E-state index in [1.807, 2.05) is 18.2 Å². The predicted octanol–water partition coefficient (Wildman–Crippen LogP) is -2.67. The number of nitrogens with one attached hydrogen (secondary N) is 10. The van der Waals surface area contributed by atoms with Gasteiger partial charge in [0.2, 0.25) is 23.6 Å². The molecule has 2 fully saturated rings. The molecule has 0 aliphatic carbocycles. The number of anilines is 1. The molecule has 0 saturated carbocycles. The number of amides is 7. The first kappa shape index (κ1) is 36.6. The highest BCUT2D eigenvalue weighted by Gasteiger charge is 2.35. The first-order chi connectivity index (χ1) is 23.9. The summed E-state index contributed by atoms with van der Waals surface area (Å²) in [6.45, 7) is 0.879. The van der Waals surface area contributed by atoms with Gasteiger partial charge >= 0.3 is 6.03 Å². The van der Waals surface area contributed by atoms with Gasteiger partial charge in [0.25, 0.3) is 5.91 Å². The fraction of sp³-hybridized carbons (Fsp3) is 0.323. The zero-order valence-electron chi connectivity index (χ0n) is 27.0. The van der Waals surface area contributed by atoms with Gasteiger partial charge in [-0.05, 0) is 37.6 Å². The van der Waals surface area contributed by atoms with Crippen LogP contribution in [0.25, 0.3) is 0 Å². The highest BCUT2D eigenvalue weighted by atomic mass is 16.5. The number of para-hydroxylation sites is 1. The van der Waals surface area contributed by atoms with Crippen LogP contribution in [-0.2, 0) is 24.0 Å². The predicted molar refractivity (Wildman–Crippen MR) is 180 cm³/mol. The number of ether oxygens (including phenoxy) is 1. The molecule has 0 radical (unpaired) electrons. The van der Waals surface area contributed by atoms with E-state index < -0.39 is 78.0 Å².